The van der Waals surface area contributed by atoms with Gasteiger partial charge in [-0.25, -0.2) is 9.59 Å². The largest absolute Gasteiger partial charge is 0.465 e. The van der Waals surface area contributed by atoms with Crippen LogP contribution in [-0.4, -0.2) is 50.1 Å². The third-order valence-corrected chi connectivity index (χ3v) is 4.71. The molecule has 0 aromatic heterocycles. The smallest absolute Gasteiger partial charge is 0.355 e. The fourth-order valence-corrected chi connectivity index (χ4v) is 3.08. The van der Waals surface area contributed by atoms with Crippen molar-refractivity contribution in [1.82, 2.24) is 4.90 Å². The first-order chi connectivity index (χ1) is 13.9. The van der Waals surface area contributed by atoms with Gasteiger partial charge in [-0.05, 0) is 44.2 Å². The summed E-state index contributed by atoms with van der Waals surface area (Å²) in [6, 6.07) is 4.78. The standard InChI is InChI=1S/C21H23ClN2O5/c1-5-23(6-2)19(25)14-10-11-16(22)17(13-14)24-12-8-7-9-15(20(26)28-3)18(24)21(27)29-4/h7-13H,5-6H2,1-4H3. The molecule has 0 N–H and O–H groups in total. The summed E-state index contributed by atoms with van der Waals surface area (Å²) < 4.78 is 9.68. The molecule has 0 fully saturated rings. The number of halogens is 1. The molecule has 0 radical (unpaired) electrons. The lowest BCUT2D eigenvalue weighted by Gasteiger charge is -2.25. The highest BCUT2D eigenvalue weighted by Gasteiger charge is 2.29. The van der Waals surface area contributed by atoms with E-state index >= 15 is 0 Å². The second kappa shape index (κ2) is 9.93. The van der Waals surface area contributed by atoms with Gasteiger partial charge in [0.1, 0.15) is 5.70 Å². The van der Waals surface area contributed by atoms with Crippen molar-refractivity contribution in [2.45, 2.75) is 13.8 Å². The van der Waals surface area contributed by atoms with Crippen molar-refractivity contribution in [1.29, 1.82) is 0 Å². The van der Waals surface area contributed by atoms with Crippen molar-refractivity contribution >= 4 is 35.1 Å². The normalized spacial score (nSPS) is 13.2. The average Bonchev–Trinajstić information content (AvgIpc) is 2.96. The maximum absolute atomic E-state index is 12.8. The predicted molar refractivity (Wildman–Crippen MR) is 111 cm³/mol. The Morgan fingerprint density at radius 2 is 1.69 bits per heavy atom. The predicted octanol–water partition coefficient (Wildman–Crippen LogP) is 3.31. The van der Waals surface area contributed by atoms with Crippen molar-refractivity contribution in [3.8, 4) is 0 Å². The van der Waals surface area contributed by atoms with Crippen molar-refractivity contribution < 1.29 is 23.9 Å². The van der Waals surface area contributed by atoms with Gasteiger partial charge in [0.2, 0.25) is 0 Å². The Bertz CT molecular complexity index is 900. The lowest BCUT2D eigenvalue weighted by Crippen LogP contribution is -2.31. The first-order valence-corrected chi connectivity index (χ1v) is 9.41. The number of rotatable bonds is 6. The van der Waals surface area contributed by atoms with E-state index in [0.717, 1.165) is 0 Å². The van der Waals surface area contributed by atoms with Gasteiger partial charge in [-0.15, -0.1) is 0 Å². The van der Waals surface area contributed by atoms with E-state index in [1.165, 1.54) is 25.2 Å². The highest BCUT2D eigenvalue weighted by molar-refractivity contribution is 6.33. The van der Waals surface area contributed by atoms with Crippen LogP contribution in [0.1, 0.15) is 24.2 Å². The minimum absolute atomic E-state index is 0.000823. The van der Waals surface area contributed by atoms with Gasteiger partial charge >= 0.3 is 11.9 Å². The van der Waals surface area contributed by atoms with E-state index in [1.807, 2.05) is 13.8 Å². The highest BCUT2D eigenvalue weighted by atomic mass is 35.5. The number of anilines is 1. The topological polar surface area (TPSA) is 76.2 Å². The summed E-state index contributed by atoms with van der Waals surface area (Å²) in [5, 5.41) is 0.290. The van der Waals surface area contributed by atoms with Gasteiger partial charge in [0.15, 0.2) is 0 Å². The summed E-state index contributed by atoms with van der Waals surface area (Å²) in [6.07, 6.45) is 6.24. The van der Waals surface area contributed by atoms with Crippen LogP contribution in [0.3, 0.4) is 0 Å². The minimum Gasteiger partial charge on any atom is -0.465 e. The number of hydrogen-bond acceptors (Lipinski definition) is 6. The molecule has 1 amide bonds. The fraction of sp³-hybridized carbons (Fsp3) is 0.286. The number of carbonyl (C=O) groups is 3. The molecule has 154 valence electrons. The molecular weight excluding hydrogens is 396 g/mol. The summed E-state index contributed by atoms with van der Waals surface area (Å²) in [5.41, 5.74) is 0.688. The molecule has 2 rings (SSSR count). The maximum atomic E-state index is 12.8. The lowest BCUT2D eigenvalue weighted by atomic mass is 10.1. The molecule has 1 aromatic carbocycles. The minimum atomic E-state index is -0.752. The summed E-state index contributed by atoms with van der Waals surface area (Å²) in [4.78, 5) is 40.7. The Morgan fingerprint density at radius 3 is 2.28 bits per heavy atom. The Hall–Kier alpha value is -3.06. The van der Waals surface area contributed by atoms with Crippen LogP contribution < -0.4 is 4.90 Å². The molecule has 0 saturated carbocycles. The molecule has 29 heavy (non-hydrogen) atoms. The van der Waals surface area contributed by atoms with Crippen LogP contribution in [0.4, 0.5) is 5.69 Å². The van der Waals surface area contributed by atoms with E-state index in [-0.39, 0.29) is 17.2 Å². The Balaban J connectivity index is 2.67. The number of methoxy groups -OCH3 is 2. The van der Waals surface area contributed by atoms with E-state index in [0.29, 0.717) is 29.4 Å². The average molecular weight is 419 g/mol. The lowest BCUT2D eigenvalue weighted by molar-refractivity contribution is -0.139. The Morgan fingerprint density at radius 1 is 1.03 bits per heavy atom. The van der Waals surface area contributed by atoms with Gasteiger partial charge in [0.25, 0.3) is 5.91 Å². The number of carbonyl (C=O) groups excluding carboxylic acids is 3. The summed E-state index contributed by atoms with van der Waals surface area (Å²) in [6.45, 7) is 4.89. The number of amides is 1. The first kappa shape index (κ1) is 22.2. The van der Waals surface area contributed by atoms with Crippen LogP contribution in [0.25, 0.3) is 0 Å². The van der Waals surface area contributed by atoms with Crippen molar-refractivity contribution in [2.75, 3.05) is 32.2 Å². The number of ether oxygens (including phenoxy) is 2. The monoisotopic (exact) mass is 418 g/mol. The molecule has 7 nitrogen and oxygen atoms in total. The van der Waals surface area contributed by atoms with Crippen molar-refractivity contribution in [3.63, 3.8) is 0 Å². The van der Waals surface area contributed by atoms with E-state index in [4.69, 9.17) is 21.1 Å². The molecule has 1 aliphatic heterocycles. The third-order valence-electron chi connectivity index (χ3n) is 4.39. The van der Waals surface area contributed by atoms with E-state index < -0.39 is 11.9 Å². The first-order valence-electron chi connectivity index (χ1n) is 9.03. The fourth-order valence-electron chi connectivity index (χ4n) is 2.87. The summed E-state index contributed by atoms with van der Waals surface area (Å²) in [7, 11) is 2.43. The second-order valence-electron chi connectivity index (χ2n) is 5.96. The van der Waals surface area contributed by atoms with Gasteiger partial charge < -0.3 is 19.3 Å². The Labute approximate surface area is 174 Å². The summed E-state index contributed by atoms with van der Waals surface area (Å²) >= 11 is 6.40. The van der Waals surface area contributed by atoms with Crippen molar-refractivity contribution in [2.24, 2.45) is 0 Å². The molecule has 0 spiro atoms. The molecule has 0 unspecified atom stereocenters. The molecule has 0 saturated heterocycles. The zero-order chi connectivity index (χ0) is 21.6. The van der Waals surface area contributed by atoms with E-state index in [9.17, 15) is 14.4 Å². The molecule has 1 heterocycles. The molecule has 0 bridgehead atoms. The van der Waals surface area contributed by atoms with Gasteiger partial charge in [0.05, 0.1) is 30.5 Å². The van der Waals surface area contributed by atoms with Crippen LogP contribution in [0.2, 0.25) is 5.02 Å². The molecule has 1 aromatic rings. The zero-order valence-corrected chi connectivity index (χ0v) is 17.5. The SMILES string of the molecule is CCN(CC)C(=O)c1ccc(Cl)c(N2C=CC=CC(C(=O)OC)=C2C(=O)OC)c1. The number of esters is 2. The van der Waals surface area contributed by atoms with E-state index in [1.54, 1.807) is 41.5 Å². The molecule has 0 aliphatic carbocycles. The highest BCUT2D eigenvalue weighted by Crippen LogP contribution is 2.33. The second-order valence-corrected chi connectivity index (χ2v) is 6.37. The van der Waals surface area contributed by atoms with Gasteiger partial charge in [0, 0.05) is 24.9 Å². The molecule has 8 heteroatoms. The number of hydrogen-bond donors (Lipinski definition) is 0. The van der Waals surface area contributed by atoms with Crippen LogP contribution in [-0.2, 0) is 19.1 Å². The van der Waals surface area contributed by atoms with Crippen LogP contribution in [0.5, 0.6) is 0 Å². The quantitative estimate of drug-likeness (QED) is 0.660. The molecular formula is C21H23ClN2O5. The maximum Gasteiger partial charge on any atom is 0.355 e. The van der Waals surface area contributed by atoms with Gasteiger partial charge in [-0.3, -0.25) is 4.79 Å². The Kier molecular flexibility index (Phi) is 7.61. The third kappa shape index (κ3) is 4.68. The van der Waals surface area contributed by atoms with Crippen LogP contribution in [0, 0.1) is 0 Å². The van der Waals surface area contributed by atoms with E-state index in [2.05, 4.69) is 0 Å². The molecule has 1 aliphatic rings. The van der Waals surface area contributed by atoms with Crippen LogP contribution in [0.15, 0.2) is 53.9 Å². The zero-order valence-electron chi connectivity index (χ0n) is 16.8. The van der Waals surface area contributed by atoms with Gasteiger partial charge in [-0.1, -0.05) is 17.7 Å². The van der Waals surface area contributed by atoms with Gasteiger partial charge in [-0.2, -0.15) is 0 Å². The molecule has 0 atom stereocenters. The van der Waals surface area contributed by atoms with Crippen molar-refractivity contribution in [3.05, 3.63) is 64.5 Å². The summed E-state index contributed by atoms with van der Waals surface area (Å²) in [5.74, 6) is -1.62. The number of nitrogens with zero attached hydrogens (tertiary/aromatic N) is 2. The number of allylic oxidation sites excluding steroid dienone is 2. The number of benzene rings is 1. The van der Waals surface area contributed by atoms with Crippen LogP contribution >= 0.6 is 11.6 Å².